The molecule has 2 aromatic heterocycles. The van der Waals surface area contributed by atoms with Crippen molar-refractivity contribution in [2.24, 2.45) is 4.99 Å². The van der Waals surface area contributed by atoms with Crippen molar-refractivity contribution >= 4 is 29.9 Å². The van der Waals surface area contributed by atoms with Crippen LogP contribution in [0.3, 0.4) is 0 Å². The number of aromatic nitrogens is 2. The zero-order chi connectivity index (χ0) is 22.2. The van der Waals surface area contributed by atoms with Gasteiger partial charge in [-0.15, -0.1) is 24.0 Å². The number of benzene rings is 1. The number of aliphatic imine (C=N–C) groups is 1. The fourth-order valence-electron chi connectivity index (χ4n) is 3.91. The van der Waals surface area contributed by atoms with Gasteiger partial charge in [0.2, 0.25) is 0 Å². The summed E-state index contributed by atoms with van der Waals surface area (Å²) in [5, 5.41) is 11.2. The van der Waals surface area contributed by atoms with Gasteiger partial charge in [0.25, 0.3) is 0 Å². The topological polar surface area (TPSA) is 79.8 Å². The lowest BCUT2D eigenvalue weighted by molar-refractivity contribution is 0.0124. The first-order valence-corrected chi connectivity index (χ1v) is 11.1. The second kappa shape index (κ2) is 12.8. The van der Waals surface area contributed by atoms with Crippen LogP contribution in [0.15, 0.2) is 64.3 Å². The summed E-state index contributed by atoms with van der Waals surface area (Å²) in [6, 6.07) is 14.6. The molecule has 1 fully saturated rings. The molecule has 0 spiro atoms. The van der Waals surface area contributed by atoms with E-state index in [0.29, 0.717) is 6.54 Å². The van der Waals surface area contributed by atoms with Crippen molar-refractivity contribution in [2.75, 3.05) is 46.4 Å². The van der Waals surface area contributed by atoms with Gasteiger partial charge in [0.1, 0.15) is 11.5 Å². The molecule has 8 nitrogen and oxygen atoms in total. The quantitative estimate of drug-likeness (QED) is 0.249. The first kappa shape index (κ1) is 25.3. The number of hydrogen-bond donors (Lipinski definition) is 2. The van der Waals surface area contributed by atoms with E-state index in [1.54, 1.807) is 13.2 Å². The number of rotatable bonds is 8. The maximum Gasteiger partial charge on any atom is 0.191 e. The van der Waals surface area contributed by atoms with Gasteiger partial charge < -0.3 is 19.8 Å². The van der Waals surface area contributed by atoms with E-state index in [0.717, 1.165) is 62.4 Å². The van der Waals surface area contributed by atoms with E-state index in [4.69, 9.17) is 9.15 Å². The minimum Gasteiger partial charge on any atom is -0.465 e. The highest BCUT2D eigenvalue weighted by molar-refractivity contribution is 14.0. The minimum absolute atomic E-state index is 0. The Kier molecular flexibility index (Phi) is 9.76. The van der Waals surface area contributed by atoms with E-state index >= 15 is 0 Å². The first-order chi connectivity index (χ1) is 15.7. The van der Waals surface area contributed by atoms with Crippen molar-refractivity contribution in [1.82, 2.24) is 25.3 Å². The number of morpholine rings is 1. The van der Waals surface area contributed by atoms with E-state index in [2.05, 4.69) is 56.0 Å². The molecule has 1 unspecified atom stereocenters. The van der Waals surface area contributed by atoms with Crippen LogP contribution in [-0.4, -0.2) is 67.1 Å². The molecule has 0 radical (unpaired) electrons. The second-order valence-electron chi connectivity index (χ2n) is 7.86. The van der Waals surface area contributed by atoms with E-state index in [1.165, 1.54) is 5.56 Å². The number of nitrogens with zero attached hydrogens (tertiary/aromatic N) is 4. The molecule has 3 heterocycles. The van der Waals surface area contributed by atoms with Crippen LogP contribution < -0.4 is 10.6 Å². The molecular weight excluding hydrogens is 531 g/mol. The van der Waals surface area contributed by atoms with Gasteiger partial charge in [-0.05, 0) is 49.2 Å². The third-order valence-electron chi connectivity index (χ3n) is 5.67. The second-order valence-corrected chi connectivity index (χ2v) is 7.86. The van der Waals surface area contributed by atoms with Crippen LogP contribution >= 0.6 is 24.0 Å². The summed E-state index contributed by atoms with van der Waals surface area (Å²) in [6.07, 6.45) is 4.64. The Labute approximate surface area is 212 Å². The van der Waals surface area contributed by atoms with Crippen LogP contribution in [0.1, 0.15) is 23.1 Å². The lowest BCUT2D eigenvalue weighted by Gasteiger charge is -2.33. The highest BCUT2D eigenvalue weighted by atomic mass is 127. The third kappa shape index (κ3) is 7.05. The molecule has 33 heavy (non-hydrogen) atoms. The molecule has 1 aromatic carbocycles. The lowest BCUT2D eigenvalue weighted by atomic mass is 10.1. The molecule has 3 aromatic rings. The highest BCUT2D eigenvalue weighted by Crippen LogP contribution is 2.23. The molecule has 1 aliphatic heterocycles. The smallest absolute Gasteiger partial charge is 0.191 e. The standard InChI is InChI=1S/C24H32N6O2.HI/c1-19-4-9-23(32-19)22(29-14-16-31-17-15-29)18-27-24(25-2)26-12-10-20-5-7-21(8-6-20)30-13-3-11-28-30;/h3-9,11,13,22H,10,12,14-18H2,1-2H3,(H2,25,26,27);1H. The average Bonchev–Trinajstić information content (AvgIpc) is 3.51. The van der Waals surface area contributed by atoms with Crippen molar-refractivity contribution < 1.29 is 9.15 Å². The van der Waals surface area contributed by atoms with Crippen molar-refractivity contribution in [1.29, 1.82) is 0 Å². The maximum absolute atomic E-state index is 5.95. The van der Waals surface area contributed by atoms with E-state index in [1.807, 2.05) is 29.9 Å². The number of halogens is 1. The molecule has 0 aliphatic carbocycles. The van der Waals surface area contributed by atoms with Crippen LogP contribution in [0, 0.1) is 6.92 Å². The fraction of sp³-hybridized carbons (Fsp3) is 0.417. The SMILES string of the molecule is CN=C(NCCc1ccc(-n2cccn2)cc1)NCC(c1ccc(C)o1)N1CCOCC1.I. The van der Waals surface area contributed by atoms with Crippen molar-refractivity contribution in [3.63, 3.8) is 0 Å². The lowest BCUT2D eigenvalue weighted by Crippen LogP contribution is -2.46. The number of guanidine groups is 1. The summed E-state index contributed by atoms with van der Waals surface area (Å²) >= 11 is 0. The Hall–Kier alpha value is -2.37. The van der Waals surface area contributed by atoms with Crippen LogP contribution in [0.4, 0.5) is 0 Å². The molecule has 1 aliphatic rings. The molecular formula is C24H33IN6O2. The Morgan fingerprint density at radius 2 is 1.91 bits per heavy atom. The van der Waals surface area contributed by atoms with Gasteiger partial charge >= 0.3 is 0 Å². The van der Waals surface area contributed by atoms with Gasteiger partial charge in [0.05, 0.1) is 24.9 Å². The summed E-state index contributed by atoms with van der Waals surface area (Å²) in [7, 11) is 1.80. The van der Waals surface area contributed by atoms with Crippen molar-refractivity contribution in [3.05, 3.63) is 71.9 Å². The summed E-state index contributed by atoms with van der Waals surface area (Å²) < 4.78 is 13.3. The van der Waals surface area contributed by atoms with E-state index < -0.39 is 0 Å². The normalized spacial score (nSPS) is 15.6. The number of nitrogens with one attached hydrogen (secondary N) is 2. The zero-order valence-corrected chi connectivity index (χ0v) is 21.6. The monoisotopic (exact) mass is 564 g/mol. The molecule has 0 amide bonds. The van der Waals surface area contributed by atoms with E-state index in [-0.39, 0.29) is 30.0 Å². The van der Waals surface area contributed by atoms with Crippen molar-refractivity contribution in [3.8, 4) is 5.69 Å². The number of furan rings is 1. The number of aryl methyl sites for hydroxylation is 1. The van der Waals surface area contributed by atoms with Crippen LogP contribution in [0.25, 0.3) is 5.69 Å². The number of hydrogen-bond acceptors (Lipinski definition) is 5. The molecule has 1 saturated heterocycles. The molecule has 0 bridgehead atoms. The van der Waals surface area contributed by atoms with Gasteiger partial charge in [0, 0.05) is 45.6 Å². The van der Waals surface area contributed by atoms with Gasteiger partial charge in [-0.1, -0.05) is 12.1 Å². The van der Waals surface area contributed by atoms with Gasteiger partial charge in [-0.3, -0.25) is 9.89 Å². The molecule has 178 valence electrons. The summed E-state index contributed by atoms with van der Waals surface area (Å²) in [5.74, 6) is 2.70. The molecule has 9 heteroatoms. The van der Waals surface area contributed by atoms with Crippen molar-refractivity contribution in [2.45, 2.75) is 19.4 Å². The summed E-state index contributed by atoms with van der Waals surface area (Å²) in [5.41, 5.74) is 2.33. The first-order valence-electron chi connectivity index (χ1n) is 11.1. The summed E-state index contributed by atoms with van der Waals surface area (Å²) in [4.78, 5) is 6.80. The molecule has 1 atom stereocenters. The highest BCUT2D eigenvalue weighted by Gasteiger charge is 2.25. The Morgan fingerprint density at radius 3 is 2.55 bits per heavy atom. The van der Waals surface area contributed by atoms with Crippen LogP contribution in [0.5, 0.6) is 0 Å². The predicted octanol–water partition coefficient (Wildman–Crippen LogP) is 3.17. The molecule has 0 saturated carbocycles. The minimum atomic E-state index is 0. The van der Waals surface area contributed by atoms with Crippen LogP contribution in [-0.2, 0) is 11.2 Å². The summed E-state index contributed by atoms with van der Waals surface area (Å²) in [6.45, 7) is 6.79. The predicted molar refractivity (Wildman–Crippen MR) is 141 cm³/mol. The third-order valence-corrected chi connectivity index (χ3v) is 5.67. The van der Waals surface area contributed by atoms with E-state index in [9.17, 15) is 0 Å². The van der Waals surface area contributed by atoms with Gasteiger partial charge in [-0.2, -0.15) is 5.10 Å². The Bertz CT molecular complexity index is 981. The maximum atomic E-state index is 5.95. The Balaban J connectivity index is 0.00000306. The average molecular weight is 564 g/mol. The molecule has 4 rings (SSSR count). The largest absolute Gasteiger partial charge is 0.465 e. The zero-order valence-electron chi connectivity index (χ0n) is 19.2. The van der Waals surface area contributed by atoms with Gasteiger partial charge in [-0.25, -0.2) is 4.68 Å². The van der Waals surface area contributed by atoms with Gasteiger partial charge in [0.15, 0.2) is 5.96 Å². The fourth-order valence-corrected chi connectivity index (χ4v) is 3.91. The molecule has 2 N–H and O–H groups in total. The number of ether oxygens (including phenoxy) is 1. The van der Waals surface area contributed by atoms with Crippen LogP contribution in [0.2, 0.25) is 0 Å². The Morgan fingerprint density at radius 1 is 1.12 bits per heavy atom.